The van der Waals surface area contributed by atoms with E-state index in [1.54, 1.807) is 10.7 Å². The van der Waals surface area contributed by atoms with Crippen molar-refractivity contribution in [2.75, 3.05) is 31.1 Å². The molecule has 0 atom stereocenters. The van der Waals surface area contributed by atoms with Crippen LogP contribution in [-0.2, 0) is 6.67 Å². The van der Waals surface area contributed by atoms with E-state index < -0.39 is 0 Å². The fourth-order valence-corrected chi connectivity index (χ4v) is 3.30. The molecule has 2 heterocycles. The van der Waals surface area contributed by atoms with Crippen LogP contribution < -0.4 is 4.90 Å². The molecule has 0 aliphatic carbocycles. The monoisotopic (exact) mass is 370 g/mol. The molecule has 2 aromatic carbocycles. The van der Waals surface area contributed by atoms with Gasteiger partial charge in [0.2, 0.25) is 5.89 Å². The molecule has 5 nitrogen and oxygen atoms in total. The van der Waals surface area contributed by atoms with Gasteiger partial charge in [-0.05, 0) is 36.5 Å². The van der Waals surface area contributed by atoms with E-state index >= 15 is 0 Å². The molecule has 26 heavy (non-hydrogen) atoms. The molecular weight excluding hydrogens is 351 g/mol. The molecule has 0 N–H and O–H groups in total. The van der Waals surface area contributed by atoms with Crippen molar-refractivity contribution in [1.29, 1.82) is 0 Å². The fourth-order valence-electron chi connectivity index (χ4n) is 3.12. The number of anilines is 1. The van der Waals surface area contributed by atoms with E-state index in [-0.39, 0.29) is 5.82 Å². The van der Waals surface area contributed by atoms with Gasteiger partial charge in [-0.3, -0.25) is 4.90 Å². The normalized spacial score (nSPS) is 15.3. The van der Waals surface area contributed by atoms with Gasteiger partial charge in [0.25, 0.3) is 4.84 Å². The number of piperazine rings is 1. The van der Waals surface area contributed by atoms with Gasteiger partial charge >= 0.3 is 0 Å². The summed E-state index contributed by atoms with van der Waals surface area (Å²) in [4.78, 5) is 4.67. The Hall–Kier alpha value is -2.51. The number of hydrogen-bond donors (Lipinski definition) is 0. The predicted octanol–water partition coefficient (Wildman–Crippen LogP) is 3.79. The minimum atomic E-state index is -0.174. The Bertz CT molecular complexity index is 932. The largest absolute Gasteiger partial charge is 0.409 e. The van der Waals surface area contributed by atoms with Crippen molar-refractivity contribution in [3.05, 3.63) is 65.3 Å². The molecule has 0 unspecified atom stereocenters. The minimum absolute atomic E-state index is 0.174. The fraction of sp³-hybridized carbons (Fsp3) is 0.263. The summed E-state index contributed by atoms with van der Waals surface area (Å²) in [5, 5.41) is 4.50. The zero-order valence-electron chi connectivity index (χ0n) is 14.2. The van der Waals surface area contributed by atoms with Gasteiger partial charge in [0.1, 0.15) is 5.82 Å². The number of benzene rings is 2. The van der Waals surface area contributed by atoms with Gasteiger partial charge in [0.15, 0.2) is 0 Å². The first-order chi connectivity index (χ1) is 12.7. The lowest BCUT2D eigenvalue weighted by Gasteiger charge is -2.35. The summed E-state index contributed by atoms with van der Waals surface area (Å²) >= 11 is 5.31. The van der Waals surface area contributed by atoms with Crippen molar-refractivity contribution in [3.63, 3.8) is 0 Å². The van der Waals surface area contributed by atoms with E-state index in [9.17, 15) is 4.39 Å². The maximum absolute atomic E-state index is 13.9. The van der Waals surface area contributed by atoms with Crippen LogP contribution in [-0.4, -0.2) is 40.9 Å². The van der Waals surface area contributed by atoms with Gasteiger partial charge in [-0.1, -0.05) is 30.3 Å². The third-order valence-electron chi connectivity index (χ3n) is 4.53. The Balaban J connectivity index is 1.41. The SMILES string of the molecule is Fc1ccccc1N1CCN(Cn2nc(-c3ccccc3)oc2=S)CC1. The lowest BCUT2D eigenvalue weighted by molar-refractivity contribution is 0.192. The van der Waals surface area contributed by atoms with Crippen molar-refractivity contribution >= 4 is 17.9 Å². The molecule has 0 saturated carbocycles. The molecule has 1 aromatic heterocycles. The molecule has 1 aliphatic rings. The zero-order valence-corrected chi connectivity index (χ0v) is 15.0. The summed E-state index contributed by atoms with van der Waals surface area (Å²) in [6.07, 6.45) is 0. The van der Waals surface area contributed by atoms with Crippen molar-refractivity contribution < 1.29 is 8.81 Å². The second-order valence-electron chi connectivity index (χ2n) is 6.24. The molecular formula is C19H19FN4OS. The zero-order chi connectivity index (χ0) is 17.9. The number of halogens is 1. The van der Waals surface area contributed by atoms with Crippen molar-refractivity contribution in [3.8, 4) is 11.5 Å². The van der Waals surface area contributed by atoms with Gasteiger partial charge in [0, 0.05) is 31.7 Å². The molecule has 1 fully saturated rings. The second kappa shape index (κ2) is 7.39. The molecule has 134 valence electrons. The number of aromatic nitrogens is 2. The van der Waals surface area contributed by atoms with Crippen LogP contribution in [0.4, 0.5) is 10.1 Å². The Morgan fingerprint density at radius 3 is 2.38 bits per heavy atom. The third kappa shape index (κ3) is 3.54. The first-order valence-corrected chi connectivity index (χ1v) is 8.97. The summed E-state index contributed by atoms with van der Waals surface area (Å²) < 4.78 is 21.3. The summed E-state index contributed by atoms with van der Waals surface area (Å²) in [6.45, 7) is 3.71. The number of hydrogen-bond acceptors (Lipinski definition) is 5. The average molecular weight is 370 g/mol. The Labute approximate surface area is 156 Å². The molecule has 3 aromatic rings. The molecule has 4 rings (SSSR count). The summed E-state index contributed by atoms with van der Waals surface area (Å²) in [6, 6.07) is 16.6. The Morgan fingerprint density at radius 2 is 1.65 bits per heavy atom. The smallest absolute Gasteiger partial charge is 0.288 e. The van der Waals surface area contributed by atoms with Crippen LogP contribution in [0.25, 0.3) is 11.5 Å². The topological polar surface area (TPSA) is 37.4 Å². The number of rotatable bonds is 4. The summed E-state index contributed by atoms with van der Waals surface area (Å²) in [5.74, 6) is 0.354. The van der Waals surface area contributed by atoms with E-state index in [0.29, 0.717) is 23.1 Å². The van der Waals surface area contributed by atoms with Gasteiger partial charge in [-0.25, -0.2) is 9.07 Å². The molecule has 0 bridgehead atoms. The van der Waals surface area contributed by atoms with Gasteiger partial charge in [-0.2, -0.15) is 0 Å². The first-order valence-electron chi connectivity index (χ1n) is 8.56. The highest BCUT2D eigenvalue weighted by molar-refractivity contribution is 7.71. The van der Waals surface area contributed by atoms with E-state index in [4.69, 9.17) is 16.6 Å². The third-order valence-corrected chi connectivity index (χ3v) is 4.82. The molecule has 0 radical (unpaired) electrons. The molecule has 1 aliphatic heterocycles. The van der Waals surface area contributed by atoms with Crippen molar-refractivity contribution in [2.24, 2.45) is 0 Å². The van der Waals surface area contributed by atoms with Crippen LogP contribution in [0.3, 0.4) is 0 Å². The maximum Gasteiger partial charge on any atom is 0.288 e. The number of nitrogens with zero attached hydrogens (tertiary/aromatic N) is 4. The van der Waals surface area contributed by atoms with Gasteiger partial charge < -0.3 is 9.32 Å². The maximum atomic E-state index is 13.9. The quantitative estimate of drug-likeness (QED) is 0.653. The molecule has 1 saturated heterocycles. The van der Waals surface area contributed by atoms with Gasteiger partial charge in [0.05, 0.1) is 12.4 Å². The number of para-hydroxylation sites is 1. The average Bonchev–Trinajstić information content (AvgIpc) is 3.04. The first kappa shape index (κ1) is 16.9. The highest BCUT2D eigenvalue weighted by Crippen LogP contribution is 2.21. The van der Waals surface area contributed by atoms with Crippen LogP contribution >= 0.6 is 12.2 Å². The highest BCUT2D eigenvalue weighted by Gasteiger charge is 2.20. The molecule has 7 heteroatoms. The summed E-state index contributed by atoms with van der Waals surface area (Å²) in [5.41, 5.74) is 1.57. The van der Waals surface area contributed by atoms with Crippen LogP contribution in [0, 0.1) is 10.7 Å². The Kier molecular flexibility index (Phi) is 4.81. The summed E-state index contributed by atoms with van der Waals surface area (Å²) in [7, 11) is 0. The Morgan fingerprint density at radius 1 is 0.962 bits per heavy atom. The predicted molar refractivity (Wildman–Crippen MR) is 101 cm³/mol. The lowest BCUT2D eigenvalue weighted by atomic mass is 10.2. The second-order valence-corrected chi connectivity index (χ2v) is 6.59. The van der Waals surface area contributed by atoms with Crippen LogP contribution in [0.2, 0.25) is 0 Å². The highest BCUT2D eigenvalue weighted by atomic mass is 32.1. The van der Waals surface area contributed by atoms with Crippen LogP contribution in [0.15, 0.2) is 59.0 Å². The molecule has 0 spiro atoms. The van der Waals surface area contributed by atoms with Crippen molar-refractivity contribution in [1.82, 2.24) is 14.7 Å². The van der Waals surface area contributed by atoms with Gasteiger partial charge in [-0.15, -0.1) is 5.10 Å². The molecule has 0 amide bonds. The lowest BCUT2D eigenvalue weighted by Crippen LogP contribution is -2.47. The standard InChI is InChI=1S/C19H19FN4OS/c20-16-8-4-5-9-17(16)23-12-10-22(11-13-23)14-24-19(26)25-18(21-24)15-6-2-1-3-7-15/h1-9H,10-14H2. The van der Waals surface area contributed by atoms with E-state index in [1.165, 1.54) is 6.07 Å². The van der Waals surface area contributed by atoms with E-state index in [0.717, 1.165) is 31.7 Å². The van der Waals surface area contributed by atoms with Crippen molar-refractivity contribution in [2.45, 2.75) is 6.67 Å². The van der Waals surface area contributed by atoms with Crippen LogP contribution in [0.5, 0.6) is 0 Å². The minimum Gasteiger partial charge on any atom is -0.409 e. The van der Waals surface area contributed by atoms with E-state index in [2.05, 4.69) is 14.9 Å². The van der Waals surface area contributed by atoms with E-state index in [1.807, 2.05) is 42.5 Å². The van der Waals surface area contributed by atoms with Crippen LogP contribution in [0.1, 0.15) is 0 Å².